The fourth-order valence-electron chi connectivity index (χ4n) is 3.07. The van der Waals surface area contributed by atoms with Crippen LogP contribution in [0.15, 0.2) is 53.6 Å². The molecule has 0 saturated heterocycles. The summed E-state index contributed by atoms with van der Waals surface area (Å²) in [6.45, 7) is 4.03. The lowest BCUT2D eigenvalue weighted by Gasteiger charge is -2.36. The van der Waals surface area contributed by atoms with Crippen molar-refractivity contribution in [2.75, 3.05) is 4.90 Å². The van der Waals surface area contributed by atoms with Gasteiger partial charge in [-0.2, -0.15) is 5.10 Å². The van der Waals surface area contributed by atoms with Crippen LogP contribution >= 0.6 is 12.2 Å². The molecule has 0 fully saturated rings. The average molecular weight is 352 g/mol. The molecule has 1 atom stereocenters. The molecule has 1 heterocycles. The Hall–Kier alpha value is -2.73. The molecule has 3 N–H and O–H groups in total. The van der Waals surface area contributed by atoms with Crippen molar-refractivity contribution in [3.63, 3.8) is 0 Å². The Labute approximate surface area is 152 Å². The number of rotatable bonds is 2. The summed E-state index contributed by atoms with van der Waals surface area (Å²) in [4.78, 5) is 14.9. The van der Waals surface area contributed by atoms with Gasteiger partial charge >= 0.3 is 0 Å². The third-order valence-electron chi connectivity index (χ3n) is 4.19. The average Bonchev–Trinajstić information content (AvgIpc) is 2.60. The Morgan fingerprint density at radius 2 is 2.00 bits per heavy atom. The molecule has 1 aliphatic rings. The molecule has 0 saturated carbocycles. The number of nitrogens with zero attached hydrogens (tertiary/aromatic N) is 2. The summed E-state index contributed by atoms with van der Waals surface area (Å²) in [6.07, 6.45) is 0.616. The van der Waals surface area contributed by atoms with E-state index in [0.717, 1.165) is 22.5 Å². The van der Waals surface area contributed by atoms with Crippen LogP contribution in [0.4, 0.5) is 5.69 Å². The lowest BCUT2D eigenvalue weighted by atomic mass is 9.92. The second kappa shape index (κ2) is 7.03. The molecular weight excluding hydrogens is 332 g/mol. The monoisotopic (exact) mass is 352 g/mol. The smallest absolute Gasteiger partial charge is 0.258 e. The van der Waals surface area contributed by atoms with Crippen molar-refractivity contribution in [1.29, 1.82) is 0 Å². The maximum atomic E-state index is 13.1. The summed E-state index contributed by atoms with van der Waals surface area (Å²) in [7, 11) is 0. The first-order valence-corrected chi connectivity index (χ1v) is 8.50. The summed E-state index contributed by atoms with van der Waals surface area (Å²) in [5.41, 5.74) is 12.5. The van der Waals surface area contributed by atoms with E-state index in [1.807, 2.05) is 67.3 Å². The van der Waals surface area contributed by atoms with E-state index in [9.17, 15) is 4.79 Å². The molecule has 1 aliphatic heterocycles. The molecule has 1 unspecified atom stereocenters. The van der Waals surface area contributed by atoms with Crippen LogP contribution in [0.5, 0.6) is 0 Å². The molecule has 0 spiro atoms. The number of hydrazone groups is 1. The quantitative estimate of drug-likeness (QED) is 0.644. The highest BCUT2D eigenvalue weighted by Crippen LogP contribution is 2.33. The molecule has 6 heteroatoms. The van der Waals surface area contributed by atoms with Crippen molar-refractivity contribution in [2.24, 2.45) is 10.8 Å². The summed E-state index contributed by atoms with van der Waals surface area (Å²) < 4.78 is 0. The largest absolute Gasteiger partial charge is 0.375 e. The minimum atomic E-state index is -0.0326. The highest BCUT2D eigenvalue weighted by atomic mass is 32.1. The van der Waals surface area contributed by atoms with E-state index in [1.165, 1.54) is 0 Å². The summed E-state index contributed by atoms with van der Waals surface area (Å²) >= 11 is 4.84. The molecule has 0 bridgehead atoms. The Morgan fingerprint density at radius 1 is 1.28 bits per heavy atom. The number of hydrogen-bond donors (Lipinski definition) is 2. The fraction of sp³-hybridized carbons (Fsp3) is 0.211. The van der Waals surface area contributed by atoms with E-state index in [-0.39, 0.29) is 17.1 Å². The second-order valence-electron chi connectivity index (χ2n) is 6.15. The van der Waals surface area contributed by atoms with Crippen LogP contribution < -0.4 is 16.1 Å². The number of fused-ring (bicyclic) bond motifs is 1. The maximum absolute atomic E-state index is 13.1. The topological polar surface area (TPSA) is 70.7 Å². The first-order chi connectivity index (χ1) is 12.0. The van der Waals surface area contributed by atoms with Gasteiger partial charge in [-0.25, -0.2) is 0 Å². The number of thiocarbonyl (C=S) groups is 1. The van der Waals surface area contributed by atoms with E-state index in [1.54, 1.807) is 0 Å². The molecule has 5 nitrogen and oxygen atoms in total. The number of carbonyl (C=O) groups is 1. The zero-order chi connectivity index (χ0) is 18.0. The summed E-state index contributed by atoms with van der Waals surface area (Å²) in [6, 6.07) is 15.3. The molecule has 0 aliphatic carbocycles. The molecule has 2 aromatic carbocycles. The number of nitrogens with two attached hydrogens (primary N) is 1. The molecule has 0 aromatic heterocycles. The van der Waals surface area contributed by atoms with Gasteiger partial charge in [0.05, 0.1) is 11.4 Å². The third kappa shape index (κ3) is 3.53. The van der Waals surface area contributed by atoms with Crippen LogP contribution in [-0.2, 0) is 0 Å². The van der Waals surface area contributed by atoms with Gasteiger partial charge in [0.1, 0.15) is 0 Å². The lowest BCUT2D eigenvalue weighted by Crippen LogP contribution is -2.44. The zero-order valence-electron chi connectivity index (χ0n) is 14.2. The van der Waals surface area contributed by atoms with Gasteiger partial charge in [-0.1, -0.05) is 29.8 Å². The lowest BCUT2D eigenvalue weighted by molar-refractivity contribution is 0.0978. The number of aryl methyl sites for hydroxylation is 1. The summed E-state index contributed by atoms with van der Waals surface area (Å²) in [5.74, 6) is -0.0143. The van der Waals surface area contributed by atoms with Gasteiger partial charge in [0.2, 0.25) is 0 Å². The van der Waals surface area contributed by atoms with Gasteiger partial charge < -0.3 is 10.6 Å². The van der Waals surface area contributed by atoms with Crippen molar-refractivity contribution in [3.8, 4) is 0 Å². The van der Waals surface area contributed by atoms with Crippen LogP contribution in [0.1, 0.15) is 34.8 Å². The Morgan fingerprint density at radius 3 is 2.68 bits per heavy atom. The van der Waals surface area contributed by atoms with Crippen molar-refractivity contribution in [2.45, 2.75) is 26.3 Å². The van der Waals surface area contributed by atoms with Crippen molar-refractivity contribution in [1.82, 2.24) is 5.43 Å². The first-order valence-electron chi connectivity index (χ1n) is 8.09. The van der Waals surface area contributed by atoms with Gasteiger partial charge in [-0.05, 0) is 50.3 Å². The SMILES string of the molecule is Cc1ccc2c(c1)C(=NNC(N)=S)CC(C)N2C(=O)c1ccccc1. The van der Waals surface area contributed by atoms with Gasteiger partial charge in [0, 0.05) is 23.6 Å². The van der Waals surface area contributed by atoms with E-state index < -0.39 is 0 Å². The van der Waals surface area contributed by atoms with E-state index >= 15 is 0 Å². The maximum Gasteiger partial charge on any atom is 0.258 e. The van der Waals surface area contributed by atoms with E-state index in [0.29, 0.717) is 12.0 Å². The second-order valence-corrected chi connectivity index (χ2v) is 6.59. The molecule has 3 rings (SSSR count). The predicted octanol–water partition coefficient (Wildman–Crippen LogP) is 2.97. The first kappa shape index (κ1) is 17.1. The van der Waals surface area contributed by atoms with Crippen LogP contribution in [0.25, 0.3) is 0 Å². The number of benzene rings is 2. The minimum absolute atomic E-state index is 0.0143. The van der Waals surface area contributed by atoms with Crippen molar-refractivity contribution >= 4 is 34.6 Å². The van der Waals surface area contributed by atoms with Crippen LogP contribution in [-0.4, -0.2) is 22.8 Å². The Bertz CT molecular complexity index is 848. The number of carbonyl (C=O) groups excluding carboxylic acids is 1. The van der Waals surface area contributed by atoms with Crippen LogP contribution in [0.3, 0.4) is 0 Å². The normalized spacial score (nSPS) is 17.9. The van der Waals surface area contributed by atoms with Crippen molar-refractivity contribution in [3.05, 3.63) is 65.2 Å². The Kier molecular flexibility index (Phi) is 4.81. The van der Waals surface area contributed by atoms with Crippen molar-refractivity contribution < 1.29 is 4.79 Å². The molecular formula is C19H20N4OS. The number of anilines is 1. The molecule has 1 amide bonds. The van der Waals surface area contributed by atoms with Gasteiger partial charge in [0.25, 0.3) is 5.91 Å². The van der Waals surface area contributed by atoms with Gasteiger partial charge in [-0.15, -0.1) is 0 Å². The standard InChI is InChI=1S/C19H20N4OS/c1-12-8-9-17-15(10-12)16(21-22-19(20)25)11-13(2)23(17)18(24)14-6-4-3-5-7-14/h3-10,13H,11H2,1-2H3,(H3,20,22,25). The number of amides is 1. The Balaban J connectivity index is 2.06. The fourth-order valence-corrected chi connectivity index (χ4v) is 3.11. The predicted molar refractivity (Wildman–Crippen MR) is 105 cm³/mol. The minimum Gasteiger partial charge on any atom is -0.375 e. The summed E-state index contributed by atoms with van der Waals surface area (Å²) in [5, 5.41) is 4.47. The third-order valence-corrected chi connectivity index (χ3v) is 4.28. The highest BCUT2D eigenvalue weighted by Gasteiger charge is 2.32. The van der Waals surface area contributed by atoms with E-state index in [4.69, 9.17) is 18.0 Å². The zero-order valence-corrected chi connectivity index (χ0v) is 15.0. The number of hydrogen-bond acceptors (Lipinski definition) is 3. The highest BCUT2D eigenvalue weighted by molar-refractivity contribution is 7.80. The molecule has 0 radical (unpaired) electrons. The van der Waals surface area contributed by atoms with Gasteiger partial charge in [-0.3, -0.25) is 10.2 Å². The van der Waals surface area contributed by atoms with Crippen LogP contribution in [0, 0.1) is 6.92 Å². The van der Waals surface area contributed by atoms with Crippen LogP contribution in [0.2, 0.25) is 0 Å². The molecule has 25 heavy (non-hydrogen) atoms. The van der Waals surface area contributed by atoms with Gasteiger partial charge in [0.15, 0.2) is 5.11 Å². The van der Waals surface area contributed by atoms with E-state index in [2.05, 4.69) is 10.5 Å². The molecule has 2 aromatic rings. The number of nitrogens with one attached hydrogen (secondary N) is 1. The molecule has 128 valence electrons.